The average molecular weight is 373 g/mol. The van der Waals surface area contributed by atoms with Gasteiger partial charge >= 0.3 is 5.97 Å². The van der Waals surface area contributed by atoms with Gasteiger partial charge in [-0.25, -0.2) is 4.98 Å². The quantitative estimate of drug-likeness (QED) is 0.467. The van der Waals surface area contributed by atoms with Crippen molar-refractivity contribution in [3.05, 3.63) is 36.2 Å². The Morgan fingerprint density at radius 1 is 1.15 bits per heavy atom. The molecule has 0 saturated heterocycles. The lowest BCUT2D eigenvalue weighted by molar-refractivity contribution is -0.139. The van der Waals surface area contributed by atoms with E-state index in [9.17, 15) is 4.79 Å². The van der Waals surface area contributed by atoms with Crippen LogP contribution in [0, 0.1) is 0 Å². The van der Waals surface area contributed by atoms with E-state index in [1.807, 2.05) is 24.4 Å². The predicted octanol–water partition coefficient (Wildman–Crippen LogP) is 5.64. The van der Waals surface area contributed by atoms with Crippen LogP contribution in [0.3, 0.4) is 0 Å². The van der Waals surface area contributed by atoms with Crippen molar-refractivity contribution in [3.8, 4) is 0 Å². The first-order valence-electron chi connectivity index (χ1n) is 9.46. The molecule has 2 aromatic heterocycles. The summed E-state index contributed by atoms with van der Waals surface area (Å²) in [4.78, 5) is 16.1. The minimum Gasteiger partial charge on any atom is -0.469 e. The largest absolute Gasteiger partial charge is 0.469 e. The fraction of sp³-hybridized carbons (Fsp3) is 0.524. The number of carbonyl (C=O) groups excluding carboxylic acids is 1. The van der Waals surface area contributed by atoms with Gasteiger partial charge in [0.05, 0.1) is 13.5 Å². The molecule has 26 heavy (non-hydrogen) atoms. The Labute approximate surface area is 158 Å². The normalized spacial score (nSPS) is 12.8. The van der Waals surface area contributed by atoms with Crippen molar-refractivity contribution < 1.29 is 9.53 Å². The van der Waals surface area contributed by atoms with Crippen LogP contribution in [0.25, 0.3) is 17.1 Å². The molecule has 0 saturated carbocycles. The molecule has 0 unspecified atom stereocenters. The summed E-state index contributed by atoms with van der Waals surface area (Å²) in [6.45, 7) is 14.2. The summed E-state index contributed by atoms with van der Waals surface area (Å²) < 4.78 is 7.22. The second kappa shape index (κ2) is 8.21. The fourth-order valence-corrected chi connectivity index (χ4v) is 11.3. The van der Waals surface area contributed by atoms with E-state index in [1.165, 1.54) is 7.11 Å². The Morgan fingerprint density at radius 2 is 1.77 bits per heavy atom. The van der Waals surface area contributed by atoms with E-state index in [-0.39, 0.29) is 12.4 Å². The zero-order chi connectivity index (χ0) is 19.5. The summed E-state index contributed by atoms with van der Waals surface area (Å²) in [6, 6.07) is 4.18. The highest BCUT2D eigenvalue weighted by Crippen LogP contribution is 2.44. The topological polar surface area (TPSA) is 44.1 Å². The molecule has 0 spiro atoms. The van der Waals surface area contributed by atoms with Crippen LogP contribution in [0.15, 0.2) is 30.6 Å². The molecule has 5 heteroatoms. The lowest BCUT2D eigenvalue weighted by atomic mass is 10.1. The van der Waals surface area contributed by atoms with Crippen molar-refractivity contribution in [1.29, 1.82) is 0 Å². The van der Waals surface area contributed by atoms with Gasteiger partial charge in [0.1, 0.15) is 5.65 Å². The number of aromatic nitrogens is 2. The smallest absolute Gasteiger partial charge is 0.309 e. The van der Waals surface area contributed by atoms with Gasteiger partial charge in [-0.2, -0.15) is 0 Å². The standard InChI is InChI=1S/C21H32N2O2Si/c1-15(2)26(16(3)4,17(5)6)23-14-12-19-18(11-13-22-21(19)23)9-8-10-20(24)25-7/h8-9,11-17H,10H2,1-7H3. The Hall–Kier alpha value is -1.88. The third kappa shape index (κ3) is 3.50. The number of rotatable bonds is 7. The second-order valence-electron chi connectivity index (χ2n) is 7.86. The first-order valence-corrected chi connectivity index (χ1v) is 11.6. The Morgan fingerprint density at radius 3 is 2.31 bits per heavy atom. The molecule has 0 aromatic carbocycles. The van der Waals surface area contributed by atoms with E-state index in [1.54, 1.807) is 0 Å². The zero-order valence-corrected chi connectivity index (χ0v) is 18.1. The Balaban J connectivity index is 2.58. The number of pyridine rings is 1. The highest BCUT2D eigenvalue weighted by Gasteiger charge is 2.45. The van der Waals surface area contributed by atoms with Crippen LogP contribution in [-0.2, 0) is 9.53 Å². The van der Waals surface area contributed by atoms with Crippen molar-refractivity contribution in [2.24, 2.45) is 0 Å². The highest BCUT2D eigenvalue weighted by molar-refractivity contribution is 6.82. The van der Waals surface area contributed by atoms with Gasteiger partial charge in [0.25, 0.3) is 0 Å². The van der Waals surface area contributed by atoms with Crippen molar-refractivity contribution >= 4 is 31.3 Å². The molecule has 0 fully saturated rings. The average Bonchev–Trinajstić information content (AvgIpc) is 2.99. The molecule has 0 atom stereocenters. The van der Waals surface area contributed by atoms with E-state index in [4.69, 9.17) is 9.72 Å². The minimum atomic E-state index is -1.84. The molecule has 0 amide bonds. The SMILES string of the molecule is COC(=O)CC=Cc1ccnc2c1ccn2[Si](C(C)C)(C(C)C)C(C)C. The van der Waals surface area contributed by atoms with Gasteiger partial charge < -0.3 is 8.97 Å². The number of nitrogens with zero attached hydrogens (tertiary/aromatic N) is 2. The van der Waals surface area contributed by atoms with Gasteiger partial charge in [0.2, 0.25) is 0 Å². The van der Waals surface area contributed by atoms with Gasteiger partial charge in [-0.05, 0) is 40.5 Å². The second-order valence-corrected chi connectivity index (χ2v) is 13.6. The number of ether oxygens (including phenoxy) is 1. The van der Waals surface area contributed by atoms with Crippen molar-refractivity contribution in [2.75, 3.05) is 7.11 Å². The number of fused-ring (bicyclic) bond motifs is 1. The van der Waals surface area contributed by atoms with Crippen molar-refractivity contribution in [2.45, 2.75) is 64.6 Å². The Bertz CT molecular complexity index is 769. The maximum absolute atomic E-state index is 11.3. The molecular formula is C21H32N2O2Si. The van der Waals surface area contributed by atoms with E-state index < -0.39 is 8.24 Å². The summed E-state index contributed by atoms with van der Waals surface area (Å²) in [5.41, 5.74) is 3.99. The third-order valence-corrected chi connectivity index (χ3v) is 12.4. The summed E-state index contributed by atoms with van der Waals surface area (Å²) in [5.74, 6) is -0.227. The lowest BCUT2D eigenvalue weighted by Gasteiger charge is -2.44. The summed E-state index contributed by atoms with van der Waals surface area (Å²) >= 11 is 0. The summed E-state index contributed by atoms with van der Waals surface area (Å²) in [5, 5.41) is 1.15. The maximum atomic E-state index is 11.3. The number of carbonyl (C=O) groups is 1. The van der Waals surface area contributed by atoms with Gasteiger partial charge in [-0.3, -0.25) is 4.79 Å². The molecule has 0 aliphatic carbocycles. The van der Waals surface area contributed by atoms with Gasteiger partial charge in [0.15, 0.2) is 8.24 Å². The van der Waals surface area contributed by atoms with Crippen LogP contribution in [0.1, 0.15) is 53.5 Å². The molecule has 0 bridgehead atoms. The molecule has 142 valence electrons. The molecule has 0 aliphatic rings. The number of hydrogen-bond acceptors (Lipinski definition) is 3. The predicted molar refractivity (Wildman–Crippen MR) is 112 cm³/mol. The molecule has 2 rings (SSSR count). The van der Waals surface area contributed by atoms with Gasteiger partial charge in [-0.1, -0.05) is 53.7 Å². The van der Waals surface area contributed by atoms with Gasteiger partial charge in [0, 0.05) is 11.6 Å². The van der Waals surface area contributed by atoms with Crippen LogP contribution in [0.2, 0.25) is 16.6 Å². The van der Waals surface area contributed by atoms with E-state index in [2.05, 4.69) is 58.0 Å². The molecule has 2 heterocycles. The first-order chi connectivity index (χ1) is 12.3. The third-order valence-electron chi connectivity index (χ3n) is 5.62. The first kappa shape index (κ1) is 20.4. The molecule has 2 aromatic rings. The molecule has 4 nitrogen and oxygen atoms in total. The number of methoxy groups -OCH3 is 1. The zero-order valence-electron chi connectivity index (χ0n) is 17.1. The van der Waals surface area contributed by atoms with Crippen LogP contribution in [-0.4, -0.2) is 30.5 Å². The van der Waals surface area contributed by atoms with Crippen LogP contribution >= 0.6 is 0 Å². The molecular weight excluding hydrogens is 340 g/mol. The minimum absolute atomic E-state index is 0.227. The van der Waals surface area contributed by atoms with Crippen LogP contribution in [0.4, 0.5) is 0 Å². The summed E-state index contributed by atoms with van der Waals surface area (Å²) in [7, 11) is -0.426. The maximum Gasteiger partial charge on any atom is 0.309 e. The van der Waals surface area contributed by atoms with E-state index >= 15 is 0 Å². The van der Waals surface area contributed by atoms with Crippen LogP contribution < -0.4 is 0 Å². The highest BCUT2D eigenvalue weighted by atomic mass is 28.3. The van der Waals surface area contributed by atoms with Crippen LogP contribution in [0.5, 0.6) is 0 Å². The number of esters is 1. The monoisotopic (exact) mass is 372 g/mol. The van der Waals surface area contributed by atoms with Gasteiger partial charge in [-0.15, -0.1) is 0 Å². The molecule has 0 radical (unpaired) electrons. The van der Waals surface area contributed by atoms with Crippen molar-refractivity contribution in [1.82, 2.24) is 9.22 Å². The molecule has 0 aliphatic heterocycles. The fourth-order valence-electron chi connectivity index (χ4n) is 4.72. The van der Waals surface area contributed by atoms with E-state index in [0.29, 0.717) is 16.6 Å². The van der Waals surface area contributed by atoms with E-state index in [0.717, 1.165) is 16.6 Å². The summed E-state index contributed by atoms with van der Waals surface area (Å²) in [6.07, 6.45) is 8.24. The van der Waals surface area contributed by atoms with Crippen molar-refractivity contribution in [3.63, 3.8) is 0 Å². The lowest BCUT2D eigenvalue weighted by Crippen LogP contribution is -2.51. The molecule has 0 N–H and O–H groups in total. The Kier molecular flexibility index (Phi) is 6.45. The number of hydrogen-bond donors (Lipinski definition) is 0.